The monoisotopic (exact) mass is 251 g/mol. The highest BCUT2D eigenvalue weighted by atomic mass is 32.1. The summed E-state index contributed by atoms with van der Waals surface area (Å²) in [6.45, 7) is 3.91. The number of anilines is 1. The highest BCUT2D eigenvalue weighted by molar-refractivity contribution is 7.08. The summed E-state index contributed by atoms with van der Waals surface area (Å²) in [5.41, 5.74) is 1.65. The van der Waals surface area contributed by atoms with Crippen molar-refractivity contribution in [2.75, 3.05) is 5.32 Å². The predicted octanol–water partition coefficient (Wildman–Crippen LogP) is 1.77. The Hall–Kier alpha value is -1.76. The van der Waals surface area contributed by atoms with Gasteiger partial charge in [0.05, 0.1) is 5.69 Å². The Kier molecular flexibility index (Phi) is 3.48. The van der Waals surface area contributed by atoms with Gasteiger partial charge in [-0.05, 0) is 24.9 Å². The van der Waals surface area contributed by atoms with Gasteiger partial charge in [-0.25, -0.2) is 0 Å². The third-order valence-electron chi connectivity index (χ3n) is 2.20. The first kappa shape index (κ1) is 11.7. The molecule has 0 bridgehead atoms. The van der Waals surface area contributed by atoms with Gasteiger partial charge in [-0.15, -0.1) is 5.10 Å². The molecule has 0 aliphatic heterocycles. The molecule has 17 heavy (non-hydrogen) atoms. The van der Waals surface area contributed by atoms with Crippen molar-refractivity contribution in [3.63, 3.8) is 0 Å². The number of H-pyrrole nitrogens is 1. The molecule has 0 fully saturated rings. The zero-order chi connectivity index (χ0) is 12.3. The molecular weight excluding hydrogens is 238 g/mol. The number of hydrogen-bond donors (Lipinski definition) is 2. The highest BCUT2D eigenvalue weighted by Crippen LogP contribution is 2.15. The molecule has 1 amide bonds. The maximum atomic E-state index is 11.9. The second kappa shape index (κ2) is 5.05. The number of aryl methyl sites for hydroxylation is 2. The fourth-order valence-corrected chi connectivity index (χ4v) is 2.04. The number of nitrogens with zero attached hydrogens (tertiary/aromatic N) is 3. The minimum absolute atomic E-state index is 0.199. The van der Waals surface area contributed by atoms with Crippen LogP contribution in [0, 0.1) is 6.92 Å². The van der Waals surface area contributed by atoms with Crippen molar-refractivity contribution in [3.05, 3.63) is 22.3 Å². The lowest BCUT2D eigenvalue weighted by Gasteiger charge is -1.99. The third-order valence-corrected chi connectivity index (χ3v) is 2.96. The molecule has 0 unspecified atom stereocenters. The molecule has 0 saturated heterocycles. The van der Waals surface area contributed by atoms with E-state index >= 15 is 0 Å². The van der Waals surface area contributed by atoms with Crippen molar-refractivity contribution in [1.82, 2.24) is 19.8 Å². The molecule has 0 radical (unpaired) electrons. The van der Waals surface area contributed by atoms with E-state index in [1.54, 1.807) is 6.07 Å². The van der Waals surface area contributed by atoms with E-state index in [0.29, 0.717) is 10.7 Å². The van der Waals surface area contributed by atoms with Crippen LogP contribution in [0.3, 0.4) is 0 Å². The van der Waals surface area contributed by atoms with Gasteiger partial charge in [0.15, 0.2) is 5.82 Å². The molecule has 7 heteroatoms. The molecule has 0 aliphatic carbocycles. The van der Waals surface area contributed by atoms with E-state index in [1.807, 2.05) is 13.8 Å². The molecule has 2 aromatic heterocycles. The van der Waals surface area contributed by atoms with Crippen LogP contribution in [0.25, 0.3) is 0 Å². The summed E-state index contributed by atoms with van der Waals surface area (Å²) in [4.78, 5) is 12.5. The predicted molar refractivity (Wildman–Crippen MR) is 65.2 cm³/mol. The Balaban J connectivity index is 2.11. The van der Waals surface area contributed by atoms with Gasteiger partial charge in [0.2, 0.25) is 0 Å². The fourth-order valence-electron chi connectivity index (χ4n) is 1.44. The molecule has 0 atom stereocenters. The lowest BCUT2D eigenvalue weighted by molar-refractivity contribution is 0.102. The van der Waals surface area contributed by atoms with Crippen LogP contribution in [-0.2, 0) is 6.42 Å². The summed E-state index contributed by atoms with van der Waals surface area (Å²) in [6.07, 6.45) is 1.70. The standard InChI is InChI=1S/C10H13N5OS/c1-3-4-7-9(17-15-13-7)10(16)11-8-5-6(2)12-14-8/h5H,3-4H2,1-2H3,(H2,11,12,14,16). The van der Waals surface area contributed by atoms with E-state index in [-0.39, 0.29) is 5.91 Å². The maximum absolute atomic E-state index is 11.9. The minimum Gasteiger partial charge on any atom is -0.304 e. The second-order valence-corrected chi connectivity index (χ2v) is 4.44. The Bertz CT molecular complexity index is 518. The van der Waals surface area contributed by atoms with Crippen LogP contribution in [0.5, 0.6) is 0 Å². The van der Waals surface area contributed by atoms with E-state index in [4.69, 9.17) is 0 Å². The Morgan fingerprint density at radius 3 is 3.06 bits per heavy atom. The molecule has 2 aromatic rings. The Morgan fingerprint density at radius 1 is 1.59 bits per heavy atom. The van der Waals surface area contributed by atoms with Crippen LogP contribution in [0.1, 0.15) is 34.4 Å². The lowest BCUT2D eigenvalue weighted by atomic mass is 10.2. The van der Waals surface area contributed by atoms with Crippen LogP contribution >= 0.6 is 11.5 Å². The number of aromatic amines is 1. The van der Waals surface area contributed by atoms with Gasteiger partial charge in [-0.2, -0.15) is 5.10 Å². The Morgan fingerprint density at radius 2 is 2.41 bits per heavy atom. The first-order valence-electron chi connectivity index (χ1n) is 5.35. The zero-order valence-electron chi connectivity index (χ0n) is 9.65. The molecule has 2 rings (SSSR count). The summed E-state index contributed by atoms with van der Waals surface area (Å²) < 4.78 is 3.81. The molecule has 90 valence electrons. The van der Waals surface area contributed by atoms with Gasteiger partial charge < -0.3 is 5.32 Å². The van der Waals surface area contributed by atoms with E-state index < -0.39 is 0 Å². The second-order valence-electron chi connectivity index (χ2n) is 3.69. The summed E-state index contributed by atoms with van der Waals surface area (Å²) in [5.74, 6) is 0.318. The van der Waals surface area contributed by atoms with Crippen LogP contribution in [0.2, 0.25) is 0 Å². The van der Waals surface area contributed by atoms with Crippen molar-refractivity contribution in [1.29, 1.82) is 0 Å². The van der Waals surface area contributed by atoms with Gasteiger partial charge in [0.1, 0.15) is 4.88 Å². The first-order chi connectivity index (χ1) is 8.20. The fraction of sp³-hybridized carbons (Fsp3) is 0.400. The van der Waals surface area contributed by atoms with Crippen molar-refractivity contribution in [2.45, 2.75) is 26.7 Å². The molecule has 0 saturated carbocycles. The highest BCUT2D eigenvalue weighted by Gasteiger charge is 2.16. The van der Waals surface area contributed by atoms with Gasteiger partial charge in [-0.1, -0.05) is 17.8 Å². The number of hydrogen-bond acceptors (Lipinski definition) is 5. The van der Waals surface area contributed by atoms with Gasteiger partial charge in [0, 0.05) is 11.8 Å². The molecule has 2 N–H and O–H groups in total. The van der Waals surface area contributed by atoms with Crippen LogP contribution in [0.15, 0.2) is 6.07 Å². The topological polar surface area (TPSA) is 83.6 Å². The summed E-state index contributed by atoms with van der Waals surface area (Å²) in [5, 5.41) is 13.4. The van der Waals surface area contributed by atoms with E-state index in [2.05, 4.69) is 25.1 Å². The van der Waals surface area contributed by atoms with Crippen LogP contribution in [-0.4, -0.2) is 25.7 Å². The number of amides is 1. The van der Waals surface area contributed by atoms with Crippen molar-refractivity contribution in [3.8, 4) is 0 Å². The van der Waals surface area contributed by atoms with E-state index in [0.717, 1.165) is 35.8 Å². The number of carbonyl (C=O) groups excluding carboxylic acids is 1. The van der Waals surface area contributed by atoms with E-state index in [9.17, 15) is 4.79 Å². The zero-order valence-corrected chi connectivity index (χ0v) is 10.5. The van der Waals surface area contributed by atoms with Crippen LogP contribution in [0.4, 0.5) is 5.82 Å². The normalized spacial score (nSPS) is 10.5. The summed E-state index contributed by atoms with van der Waals surface area (Å²) in [6, 6.07) is 1.77. The first-order valence-corrected chi connectivity index (χ1v) is 6.12. The molecule has 0 aromatic carbocycles. The summed E-state index contributed by atoms with van der Waals surface area (Å²) in [7, 11) is 0. The number of rotatable bonds is 4. The average Bonchev–Trinajstić information content (AvgIpc) is 2.88. The number of aromatic nitrogens is 4. The molecule has 2 heterocycles. The van der Waals surface area contributed by atoms with Gasteiger partial charge >= 0.3 is 0 Å². The lowest BCUT2D eigenvalue weighted by Crippen LogP contribution is -2.12. The van der Waals surface area contributed by atoms with Gasteiger partial charge in [-0.3, -0.25) is 9.89 Å². The minimum atomic E-state index is -0.199. The largest absolute Gasteiger partial charge is 0.304 e. The third kappa shape index (κ3) is 2.68. The van der Waals surface area contributed by atoms with Crippen molar-refractivity contribution >= 4 is 23.3 Å². The van der Waals surface area contributed by atoms with E-state index in [1.165, 1.54) is 0 Å². The molecule has 6 nitrogen and oxygen atoms in total. The molecular formula is C10H13N5OS. The SMILES string of the molecule is CCCc1nnsc1C(=O)Nc1cc(C)[nH]n1. The molecule has 0 aliphatic rings. The quantitative estimate of drug-likeness (QED) is 0.867. The number of carbonyl (C=O) groups is 1. The number of nitrogens with one attached hydrogen (secondary N) is 2. The summed E-state index contributed by atoms with van der Waals surface area (Å²) >= 11 is 1.11. The van der Waals surface area contributed by atoms with Crippen LogP contribution < -0.4 is 5.32 Å². The van der Waals surface area contributed by atoms with Crippen molar-refractivity contribution < 1.29 is 4.79 Å². The Labute approximate surface area is 103 Å². The average molecular weight is 251 g/mol. The smallest absolute Gasteiger partial charge is 0.270 e. The molecule has 0 spiro atoms. The van der Waals surface area contributed by atoms with Crippen molar-refractivity contribution in [2.24, 2.45) is 0 Å². The maximum Gasteiger partial charge on any atom is 0.270 e. The van der Waals surface area contributed by atoms with Gasteiger partial charge in [0.25, 0.3) is 5.91 Å².